The molecule has 0 saturated heterocycles. The van der Waals surface area contributed by atoms with Crippen LogP contribution in [-0.4, -0.2) is 14.4 Å². The van der Waals surface area contributed by atoms with E-state index in [0.717, 1.165) is 0 Å². The van der Waals surface area contributed by atoms with Gasteiger partial charge in [-0.25, -0.2) is 13.1 Å². The van der Waals surface area contributed by atoms with Crippen LogP contribution in [0.2, 0.25) is 15.1 Å². The number of hydrogen-bond donors (Lipinski definition) is 1. The maximum Gasteiger partial charge on any atom is 0.242 e. The van der Waals surface area contributed by atoms with Crippen LogP contribution in [0.25, 0.3) is 0 Å². The van der Waals surface area contributed by atoms with Crippen molar-refractivity contribution < 1.29 is 18.3 Å². The average Bonchev–Trinajstić information content (AvgIpc) is 2.48. The number of hydrogen-bond acceptors (Lipinski definition) is 4. The molecule has 1 N–H and O–H groups in total. The fourth-order valence-electron chi connectivity index (χ4n) is 2.07. The number of nitrogens with one attached hydrogen (secondary N) is 1. The smallest absolute Gasteiger partial charge is 0.242 e. The van der Waals surface area contributed by atoms with Gasteiger partial charge in [0.05, 0.1) is 11.1 Å². The van der Waals surface area contributed by atoms with E-state index in [1.54, 1.807) is 12.1 Å². The molecular weight excluding hydrogens is 397 g/mol. The number of carboxylic acid groups (broad SMARTS) is 1. The van der Waals surface area contributed by atoms with Crippen molar-refractivity contribution in [3.63, 3.8) is 0 Å². The van der Waals surface area contributed by atoms with Gasteiger partial charge in [-0.15, -0.1) is 0 Å². The summed E-state index contributed by atoms with van der Waals surface area (Å²) in [6.07, 6.45) is -0.596. The first kappa shape index (κ1) is 19.0. The Labute approximate surface area is 154 Å². The summed E-state index contributed by atoms with van der Waals surface area (Å²) < 4.78 is 27.4. The van der Waals surface area contributed by atoms with Crippen molar-refractivity contribution in [2.75, 3.05) is 0 Å². The summed E-state index contributed by atoms with van der Waals surface area (Å²) in [6, 6.07) is 9.14. The summed E-state index contributed by atoms with van der Waals surface area (Å²) in [6.45, 7) is 0. The van der Waals surface area contributed by atoms with E-state index >= 15 is 0 Å². The predicted molar refractivity (Wildman–Crippen MR) is 90.6 cm³/mol. The second-order valence-corrected chi connectivity index (χ2v) is 7.78. The van der Waals surface area contributed by atoms with Gasteiger partial charge >= 0.3 is 0 Å². The Hall–Kier alpha value is -1.31. The molecule has 5 nitrogen and oxygen atoms in total. The standard InChI is InChI=1S/C15H12Cl3NO4S/c16-9-5-6-12(18)14(7-9)24(22,23)19-13(8-15(20)21)10-3-1-2-4-11(10)17/h1-7,13,19H,8H2,(H,20,21)/p-1/t13-/m1/s1. The Balaban J connectivity index is 2.44. The Morgan fingerprint density at radius 2 is 1.75 bits per heavy atom. The highest BCUT2D eigenvalue weighted by Gasteiger charge is 2.25. The summed E-state index contributed by atoms with van der Waals surface area (Å²) in [5.41, 5.74) is 0.310. The van der Waals surface area contributed by atoms with Gasteiger partial charge < -0.3 is 9.90 Å². The van der Waals surface area contributed by atoms with Crippen molar-refractivity contribution in [2.45, 2.75) is 17.4 Å². The third kappa shape index (κ3) is 4.62. The quantitative estimate of drug-likeness (QED) is 0.798. The van der Waals surface area contributed by atoms with Crippen LogP contribution in [0.1, 0.15) is 18.0 Å². The van der Waals surface area contributed by atoms with Crippen LogP contribution in [0.4, 0.5) is 0 Å². The molecular formula is C15H11Cl3NO4S-. The molecule has 2 aromatic carbocycles. The predicted octanol–water partition coefficient (Wildman–Crippen LogP) is 2.81. The summed E-state index contributed by atoms with van der Waals surface area (Å²) in [5, 5.41) is 11.4. The lowest BCUT2D eigenvalue weighted by molar-refractivity contribution is -0.306. The minimum atomic E-state index is -4.14. The van der Waals surface area contributed by atoms with Gasteiger partial charge in [0, 0.05) is 22.4 Å². The Kier molecular flexibility index (Phi) is 6.11. The number of carboxylic acids is 1. The van der Waals surface area contributed by atoms with Gasteiger partial charge in [0.15, 0.2) is 0 Å². The van der Waals surface area contributed by atoms with Crippen LogP contribution in [-0.2, 0) is 14.8 Å². The average molecular weight is 408 g/mol. The number of sulfonamides is 1. The van der Waals surface area contributed by atoms with Gasteiger partial charge in [-0.2, -0.15) is 0 Å². The molecule has 0 amide bonds. The lowest BCUT2D eigenvalue weighted by Crippen LogP contribution is -2.34. The topological polar surface area (TPSA) is 86.3 Å². The van der Waals surface area contributed by atoms with E-state index in [1.807, 2.05) is 0 Å². The van der Waals surface area contributed by atoms with E-state index < -0.39 is 28.5 Å². The number of halogens is 3. The monoisotopic (exact) mass is 406 g/mol. The molecule has 0 fully saturated rings. The fourth-order valence-corrected chi connectivity index (χ4v) is 4.32. The maximum absolute atomic E-state index is 12.6. The van der Waals surface area contributed by atoms with Gasteiger partial charge in [-0.3, -0.25) is 0 Å². The van der Waals surface area contributed by atoms with E-state index in [1.165, 1.54) is 30.3 Å². The molecule has 0 aliphatic carbocycles. The van der Waals surface area contributed by atoms with E-state index in [2.05, 4.69) is 4.72 Å². The van der Waals surface area contributed by atoms with Gasteiger partial charge in [0.2, 0.25) is 10.0 Å². The molecule has 0 aromatic heterocycles. The zero-order valence-corrected chi connectivity index (χ0v) is 15.1. The molecule has 0 radical (unpaired) electrons. The number of carbonyl (C=O) groups excluding carboxylic acids is 1. The molecule has 24 heavy (non-hydrogen) atoms. The maximum atomic E-state index is 12.6. The molecule has 0 aliphatic heterocycles. The first-order valence-electron chi connectivity index (χ1n) is 6.62. The second kappa shape index (κ2) is 7.72. The van der Waals surface area contributed by atoms with Crippen LogP contribution in [0.3, 0.4) is 0 Å². The van der Waals surface area contributed by atoms with Crippen molar-refractivity contribution in [2.24, 2.45) is 0 Å². The van der Waals surface area contributed by atoms with E-state index in [0.29, 0.717) is 5.56 Å². The Morgan fingerprint density at radius 3 is 2.38 bits per heavy atom. The zero-order valence-electron chi connectivity index (χ0n) is 12.0. The molecule has 0 bridgehead atoms. The van der Waals surface area contributed by atoms with Gasteiger partial charge in [0.1, 0.15) is 4.90 Å². The van der Waals surface area contributed by atoms with Crippen LogP contribution in [0, 0.1) is 0 Å². The van der Waals surface area contributed by atoms with Gasteiger partial charge in [-0.05, 0) is 29.8 Å². The van der Waals surface area contributed by atoms with Crippen LogP contribution in [0.15, 0.2) is 47.4 Å². The third-order valence-electron chi connectivity index (χ3n) is 3.13. The second-order valence-electron chi connectivity index (χ2n) is 4.85. The van der Waals surface area contributed by atoms with E-state index in [4.69, 9.17) is 34.8 Å². The van der Waals surface area contributed by atoms with Crippen molar-refractivity contribution >= 4 is 50.8 Å². The van der Waals surface area contributed by atoms with Gasteiger partial charge in [-0.1, -0.05) is 53.0 Å². The summed E-state index contributed by atoms with van der Waals surface area (Å²) in [4.78, 5) is 10.7. The lowest BCUT2D eigenvalue weighted by atomic mass is 10.1. The first-order chi connectivity index (χ1) is 11.2. The normalized spacial score (nSPS) is 12.8. The highest BCUT2D eigenvalue weighted by molar-refractivity contribution is 7.89. The molecule has 0 heterocycles. The number of carbonyl (C=O) groups is 1. The largest absolute Gasteiger partial charge is 0.550 e. The van der Waals surface area contributed by atoms with Crippen molar-refractivity contribution in [3.8, 4) is 0 Å². The minimum absolute atomic E-state index is 0.0433. The lowest BCUT2D eigenvalue weighted by Gasteiger charge is -2.21. The van der Waals surface area contributed by atoms with Crippen molar-refractivity contribution in [3.05, 3.63) is 63.1 Å². The number of rotatable bonds is 6. The SMILES string of the molecule is O=C([O-])C[C@@H](NS(=O)(=O)c1cc(Cl)ccc1Cl)c1ccccc1Cl. The molecule has 0 unspecified atom stereocenters. The first-order valence-corrected chi connectivity index (χ1v) is 9.24. The molecule has 0 saturated carbocycles. The minimum Gasteiger partial charge on any atom is -0.550 e. The molecule has 0 aliphatic rings. The summed E-state index contributed by atoms with van der Waals surface area (Å²) >= 11 is 17.8. The van der Waals surface area contributed by atoms with Crippen LogP contribution in [0.5, 0.6) is 0 Å². The summed E-state index contributed by atoms with van der Waals surface area (Å²) in [5.74, 6) is -1.43. The molecule has 128 valence electrons. The molecule has 2 aromatic rings. The number of benzene rings is 2. The van der Waals surface area contributed by atoms with Crippen molar-refractivity contribution in [1.82, 2.24) is 4.72 Å². The highest BCUT2D eigenvalue weighted by atomic mass is 35.5. The Bertz CT molecular complexity index is 871. The molecule has 9 heteroatoms. The van der Waals surface area contributed by atoms with E-state index in [9.17, 15) is 18.3 Å². The molecule has 1 atom stereocenters. The van der Waals surface area contributed by atoms with Gasteiger partial charge in [0.25, 0.3) is 0 Å². The molecule has 2 rings (SSSR count). The number of aliphatic carboxylic acids is 1. The third-order valence-corrected chi connectivity index (χ3v) is 5.66. The highest BCUT2D eigenvalue weighted by Crippen LogP contribution is 2.29. The zero-order chi connectivity index (χ0) is 17.9. The van der Waals surface area contributed by atoms with Crippen LogP contribution < -0.4 is 9.83 Å². The molecule has 0 spiro atoms. The fraction of sp³-hybridized carbons (Fsp3) is 0.133. The van der Waals surface area contributed by atoms with Crippen molar-refractivity contribution in [1.29, 1.82) is 0 Å². The summed E-state index contributed by atoms with van der Waals surface area (Å²) in [7, 11) is -4.14. The van der Waals surface area contributed by atoms with E-state index in [-0.39, 0.29) is 20.0 Å². The Morgan fingerprint density at radius 1 is 1.08 bits per heavy atom. The van der Waals surface area contributed by atoms with Crippen LogP contribution >= 0.6 is 34.8 Å².